The molecule has 1 heterocycles. The van der Waals surface area contributed by atoms with Crippen molar-refractivity contribution in [1.82, 2.24) is 0 Å². The summed E-state index contributed by atoms with van der Waals surface area (Å²) < 4.78 is 2.98. The molecule has 4 heteroatoms. The Morgan fingerprint density at radius 3 is 2.50 bits per heavy atom. The van der Waals surface area contributed by atoms with E-state index in [1.165, 1.54) is 5.56 Å². The Balaban J connectivity index is 2.16. The smallest absolute Gasteiger partial charge is 0.293 e. The van der Waals surface area contributed by atoms with Gasteiger partial charge in [0.05, 0.1) is 0 Å². The van der Waals surface area contributed by atoms with Crippen molar-refractivity contribution in [3.8, 4) is 0 Å². The topological polar surface area (TPSA) is 33.0 Å². The summed E-state index contributed by atoms with van der Waals surface area (Å²) in [5.41, 5.74) is 3.08. The number of nitrogens with one attached hydrogen (secondary N) is 1. The van der Waals surface area contributed by atoms with Crippen LogP contribution in [0.4, 0.5) is 5.69 Å². The molecule has 0 aliphatic carbocycles. The number of hydrogen-bond acceptors (Lipinski definition) is 1. The second-order valence-corrected chi connectivity index (χ2v) is 5.77. The van der Waals surface area contributed by atoms with Gasteiger partial charge in [0.1, 0.15) is 0 Å². The predicted molar refractivity (Wildman–Crippen MR) is 83.6 cm³/mol. The highest BCUT2D eigenvalue weighted by atomic mass is 79.9. The van der Waals surface area contributed by atoms with Gasteiger partial charge in [-0.3, -0.25) is 4.79 Å². The Bertz CT molecular complexity index is 623. The first-order chi connectivity index (χ1) is 9.49. The zero-order chi connectivity index (χ0) is 14.7. The first kappa shape index (κ1) is 14.7. The molecule has 1 aromatic carbocycles. The number of anilines is 1. The Kier molecular flexibility index (Phi) is 4.55. The van der Waals surface area contributed by atoms with Crippen LogP contribution in [0.2, 0.25) is 0 Å². The zero-order valence-electron chi connectivity index (χ0n) is 11.9. The van der Waals surface area contributed by atoms with Crippen molar-refractivity contribution in [3.05, 3.63) is 58.3 Å². The predicted octanol–water partition coefficient (Wildman–Crippen LogP) is 3.55. The highest BCUT2D eigenvalue weighted by Crippen LogP contribution is 2.15. The molecule has 20 heavy (non-hydrogen) atoms. The zero-order valence-corrected chi connectivity index (χ0v) is 13.4. The van der Waals surface area contributed by atoms with Crippen LogP contribution in [-0.2, 0) is 4.79 Å². The van der Waals surface area contributed by atoms with Crippen LogP contribution in [0.1, 0.15) is 24.2 Å². The van der Waals surface area contributed by atoms with Gasteiger partial charge in [-0.2, -0.15) is 4.57 Å². The standard InChI is InChI=1S/C16H17BrN2O/c1-11-5-4-10-19(12(11)2)13(3)16(20)18-15-8-6-14(17)7-9-15/h4-10,13H,1-3H3/p+1/t13-/m1/s1. The number of halogens is 1. The number of benzene rings is 1. The average molecular weight is 334 g/mol. The molecule has 1 atom stereocenters. The SMILES string of the molecule is Cc1ccc[n+]([C@H](C)C(=O)Nc2ccc(Br)cc2)c1C. The highest BCUT2D eigenvalue weighted by Gasteiger charge is 2.24. The van der Waals surface area contributed by atoms with Gasteiger partial charge in [0.2, 0.25) is 6.04 Å². The van der Waals surface area contributed by atoms with Crippen LogP contribution in [0.15, 0.2) is 47.1 Å². The number of hydrogen-bond donors (Lipinski definition) is 1. The summed E-state index contributed by atoms with van der Waals surface area (Å²) in [5, 5.41) is 2.93. The van der Waals surface area contributed by atoms with Crippen LogP contribution in [0, 0.1) is 13.8 Å². The molecule has 0 spiro atoms. The molecule has 3 nitrogen and oxygen atoms in total. The van der Waals surface area contributed by atoms with Crippen molar-refractivity contribution in [3.63, 3.8) is 0 Å². The van der Waals surface area contributed by atoms with Crippen LogP contribution in [0.25, 0.3) is 0 Å². The Labute approximate surface area is 127 Å². The second kappa shape index (κ2) is 6.18. The van der Waals surface area contributed by atoms with Gasteiger partial charge in [0.15, 0.2) is 11.9 Å². The Hall–Kier alpha value is -1.68. The third-order valence-electron chi connectivity index (χ3n) is 3.46. The summed E-state index contributed by atoms with van der Waals surface area (Å²) in [7, 11) is 0. The van der Waals surface area contributed by atoms with E-state index in [1.54, 1.807) is 0 Å². The third kappa shape index (κ3) is 3.25. The molecular formula is C16H18BrN2O+. The van der Waals surface area contributed by atoms with Crippen LogP contribution in [0.5, 0.6) is 0 Å². The molecule has 2 rings (SSSR count). The van der Waals surface area contributed by atoms with Crippen molar-refractivity contribution in [2.24, 2.45) is 0 Å². The van der Waals surface area contributed by atoms with E-state index in [2.05, 4.69) is 21.2 Å². The van der Waals surface area contributed by atoms with E-state index >= 15 is 0 Å². The fourth-order valence-corrected chi connectivity index (χ4v) is 2.31. The Morgan fingerprint density at radius 2 is 1.85 bits per heavy atom. The van der Waals surface area contributed by atoms with E-state index in [4.69, 9.17) is 0 Å². The monoisotopic (exact) mass is 333 g/mol. The number of aromatic nitrogens is 1. The third-order valence-corrected chi connectivity index (χ3v) is 3.99. The number of amides is 1. The van der Waals surface area contributed by atoms with E-state index in [-0.39, 0.29) is 11.9 Å². The lowest BCUT2D eigenvalue weighted by molar-refractivity contribution is -0.711. The lowest BCUT2D eigenvalue weighted by Crippen LogP contribution is -2.47. The lowest BCUT2D eigenvalue weighted by atomic mass is 10.2. The maximum atomic E-state index is 12.3. The minimum absolute atomic E-state index is 0.0222. The summed E-state index contributed by atoms with van der Waals surface area (Å²) in [6, 6.07) is 11.3. The van der Waals surface area contributed by atoms with Gasteiger partial charge in [0.25, 0.3) is 5.91 Å². The molecule has 0 aliphatic rings. The molecule has 0 radical (unpaired) electrons. The van der Waals surface area contributed by atoms with Crippen molar-refractivity contribution >= 4 is 27.5 Å². The first-order valence-corrected chi connectivity index (χ1v) is 7.32. The van der Waals surface area contributed by atoms with Crippen LogP contribution >= 0.6 is 15.9 Å². The summed E-state index contributed by atoms with van der Waals surface area (Å²) in [6.07, 6.45) is 1.94. The molecule has 0 aliphatic heterocycles. The molecule has 1 amide bonds. The van der Waals surface area contributed by atoms with Gasteiger partial charge in [-0.05, 0) is 37.3 Å². The molecule has 0 saturated heterocycles. The fraction of sp³-hybridized carbons (Fsp3) is 0.250. The normalized spacial score (nSPS) is 12.0. The summed E-state index contributed by atoms with van der Waals surface area (Å²) in [5.74, 6) is -0.0222. The fourth-order valence-electron chi connectivity index (χ4n) is 2.04. The summed E-state index contributed by atoms with van der Waals surface area (Å²) in [6.45, 7) is 5.98. The molecule has 0 saturated carbocycles. The minimum Gasteiger partial charge on any atom is -0.320 e. The van der Waals surface area contributed by atoms with Crippen LogP contribution in [-0.4, -0.2) is 5.91 Å². The lowest BCUT2D eigenvalue weighted by Gasteiger charge is -2.11. The van der Waals surface area contributed by atoms with E-state index in [0.29, 0.717) is 0 Å². The van der Waals surface area contributed by atoms with Gasteiger partial charge in [-0.25, -0.2) is 0 Å². The maximum absolute atomic E-state index is 12.3. The maximum Gasteiger partial charge on any atom is 0.293 e. The van der Waals surface area contributed by atoms with Crippen molar-refractivity contribution in [1.29, 1.82) is 0 Å². The van der Waals surface area contributed by atoms with Gasteiger partial charge >= 0.3 is 0 Å². The van der Waals surface area contributed by atoms with Gasteiger partial charge in [-0.1, -0.05) is 15.9 Å². The van der Waals surface area contributed by atoms with Gasteiger partial charge in [0, 0.05) is 35.6 Å². The molecular weight excluding hydrogens is 316 g/mol. The van der Waals surface area contributed by atoms with Crippen LogP contribution in [0.3, 0.4) is 0 Å². The molecule has 104 valence electrons. The Morgan fingerprint density at radius 1 is 1.20 bits per heavy atom. The first-order valence-electron chi connectivity index (χ1n) is 6.53. The quantitative estimate of drug-likeness (QED) is 0.856. The molecule has 0 unspecified atom stereocenters. The van der Waals surface area contributed by atoms with E-state index in [1.807, 2.05) is 67.9 Å². The van der Waals surface area contributed by atoms with Crippen molar-refractivity contribution in [2.75, 3.05) is 5.32 Å². The number of aryl methyl sites for hydroxylation is 1. The number of carbonyl (C=O) groups is 1. The van der Waals surface area contributed by atoms with Gasteiger partial charge in [-0.15, -0.1) is 0 Å². The minimum atomic E-state index is -0.251. The number of nitrogens with zero attached hydrogens (tertiary/aromatic N) is 1. The molecule has 2 aromatic rings. The largest absolute Gasteiger partial charge is 0.320 e. The number of pyridine rings is 1. The summed E-state index contributed by atoms with van der Waals surface area (Å²) >= 11 is 3.38. The van der Waals surface area contributed by atoms with E-state index in [9.17, 15) is 4.79 Å². The van der Waals surface area contributed by atoms with E-state index in [0.717, 1.165) is 15.9 Å². The molecule has 1 aromatic heterocycles. The van der Waals surface area contributed by atoms with E-state index < -0.39 is 0 Å². The van der Waals surface area contributed by atoms with Gasteiger partial charge < -0.3 is 5.32 Å². The second-order valence-electron chi connectivity index (χ2n) is 4.86. The van der Waals surface area contributed by atoms with Crippen molar-refractivity contribution in [2.45, 2.75) is 26.8 Å². The average Bonchev–Trinajstić information content (AvgIpc) is 2.43. The summed E-state index contributed by atoms with van der Waals surface area (Å²) in [4.78, 5) is 12.3. The van der Waals surface area contributed by atoms with Crippen molar-refractivity contribution < 1.29 is 9.36 Å². The van der Waals surface area contributed by atoms with Crippen LogP contribution < -0.4 is 9.88 Å². The number of rotatable bonds is 3. The molecule has 0 bridgehead atoms. The number of carbonyl (C=O) groups excluding carboxylic acids is 1. The molecule has 0 fully saturated rings. The highest BCUT2D eigenvalue weighted by molar-refractivity contribution is 9.10. The molecule has 1 N–H and O–H groups in total.